The molecule has 0 radical (unpaired) electrons. The average Bonchev–Trinajstić information content (AvgIpc) is 2.58. The number of rotatable bonds is 4. The Morgan fingerprint density at radius 2 is 1.96 bits per heavy atom. The second kappa shape index (κ2) is 6.80. The predicted octanol–water partition coefficient (Wildman–Crippen LogP) is 2.10. The zero-order chi connectivity index (χ0) is 17.1. The van der Waals surface area contributed by atoms with Crippen molar-refractivity contribution in [3.8, 4) is 0 Å². The van der Waals surface area contributed by atoms with Crippen LogP contribution in [0.1, 0.15) is 5.56 Å². The van der Waals surface area contributed by atoms with Gasteiger partial charge >= 0.3 is 6.03 Å². The summed E-state index contributed by atoms with van der Waals surface area (Å²) in [6.07, 6.45) is 6.71. The Bertz CT molecular complexity index is 781. The average molecular weight is 344 g/mol. The fraction of sp³-hybridized carbons (Fsp3) is 0.176. The van der Waals surface area contributed by atoms with Gasteiger partial charge in [0.25, 0.3) is 0 Å². The number of fused-ring (bicyclic) bond motifs is 1. The first-order valence-electron chi connectivity index (χ1n) is 7.34. The molecule has 3 rings (SSSR count). The quantitative estimate of drug-likeness (QED) is 0.909. The number of hydrogen-bond acceptors (Lipinski definition) is 3. The molecule has 1 atom stereocenters. The van der Waals surface area contributed by atoms with Gasteiger partial charge in [0.1, 0.15) is 6.54 Å². The first-order valence-corrected chi connectivity index (χ1v) is 7.72. The van der Waals surface area contributed by atoms with Gasteiger partial charge in [0.05, 0.1) is 11.6 Å². The number of carbonyl (C=O) groups excluding carboxylic acids is 3. The topological polar surface area (TPSA) is 78.8 Å². The number of amides is 4. The number of carbonyl (C=O) groups is 3. The zero-order valence-electron chi connectivity index (χ0n) is 12.6. The number of allylic oxidation sites excluding steroid dienone is 3. The Hall–Kier alpha value is -2.73. The van der Waals surface area contributed by atoms with E-state index in [-0.39, 0.29) is 13.1 Å². The molecule has 1 aliphatic heterocycles. The highest BCUT2D eigenvalue weighted by Gasteiger charge is 2.36. The number of halogens is 1. The number of nitrogens with zero attached hydrogens (tertiary/aromatic N) is 2. The third-order valence-electron chi connectivity index (χ3n) is 3.69. The van der Waals surface area contributed by atoms with Crippen LogP contribution in [0.3, 0.4) is 0 Å². The van der Waals surface area contributed by atoms with E-state index < -0.39 is 23.8 Å². The third kappa shape index (κ3) is 3.44. The van der Waals surface area contributed by atoms with Crippen LogP contribution in [0.2, 0.25) is 5.02 Å². The van der Waals surface area contributed by atoms with Gasteiger partial charge in [0.15, 0.2) is 0 Å². The summed E-state index contributed by atoms with van der Waals surface area (Å²) >= 11 is 5.80. The van der Waals surface area contributed by atoms with E-state index in [0.717, 1.165) is 10.5 Å². The molecule has 4 amide bonds. The van der Waals surface area contributed by atoms with E-state index in [1.165, 1.54) is 0 Å². The van der Waals surface area contributed by atoms with Crippen molar-refractivity contribution < 1.29 is 14.4 Å². The van der Waals surface area contributed by atoms with Crippen molar-refractivity contribution in [2.24, 2.45) is 10.9 Å². The molecule has 24 heavy (non-hydrogen) atoms. The highest BCUT2D eigenvalue weighted by molar-refractivity contribution is 6.30. The van der Waals surface area contributed by atoms with Gasteiger partial charge in [-0.3, -0.25) is 14.5 Å². The van der Waals surface area contributed by atoms with Crippen molar-refractivity contribution in [1.82, 2.24) is 10.2 Å². The second-order valence-corrected chi connectivity index (χ2v) is 5.80. The van der Waals surface area contributed by atoms with Crippen LogP contribution in [-0.4, -0.2) is 35.0 Å². The van der Waals surface area contributed by atoms with Crippen molar-refractivity contribution in [3.05, 3.63) is 59.2 Å². The molecular formula is C17H14ClN3O3. The van der Waals surface area contributed by atoms with Crippen LogP contribution < -0.4 is 5.32 Å². The third-order valence-corrected chi connectivity index (χ3v) is 3.94. The molecule has 0 aromatic heterocycles. The van der Waals surface area contributed by atoms with Gasteiger partial charge in [0, 0.05) is 11.6 Å². The molecule has 0 spiro atoms. The van der Waals surface area contributed by atoms with E-state index in [1.807, 2.05) is 0 Å². The van der Waals surface area contributed by atoms with Crippen LogP contribution in [-0.2, 0) is 16.1 Å². The summed E-state index contributed by atoms with van der Waals surface area (Å²) in [6.45, 7) is -0.0666. The molecule has 7 heteroatoms. The number of benzene rings is 1. The first kappa shape index (κ1) is 16.1. The zero-order valence-corrected chi connectivity index (χ0v) is 13.4. The lowest BCUT2D eigenvalue weighted by molar-refractivity contribution is -0.134. The lowest BCUT2D eigenvalue weighted by Gasteiger charge is -2.27. The number of nitrogens with one attached hydrogen (secondary N) is 1. The van der Waals surface area contributed by atoms with Gasteiger partial charge in [-0.15, -0.1) is 0 Å². The van der Waals surface area contributed by atoms with Gasteiger partial charge in [0.2, 0.25) is 11.8 Å². The first-order chi connectivity index (χ1) is 11.5. The Kier molecular flexibility index (Phi) is 4.57. The maximum Gasteiger partial charge on any atom is 0.351 e. The second-order valence-electron chi connectivity index (χ2n) is 5.37. The Balaban J connectivity index is 1.61. The minimum Gasteiger partial charge on any atom is -0.350 e. The summed E-state index contributed by atoms with van der Waals surface area (Å²) in [4.78, 5) is 41.1. The van der Waals surface area contributed by atoms with E-state index in [2.05, 4.69) is 10.3 Å². The van der Waals surface area contributed by atoms with Gasteiger partial charge in [-0.1, -0.05) is 42.0 Å². The fourth-order valence-electron chi connectivity index (χ4n) is 2.43. The molecule has 1 unspecified atom stereocenters. The van der Waals surface area contributed by atoms with E-state index in [4.69, 9.17) is 11.6 Å². The summed E-state index contributed by atoms with van der Waals surface area (Å²) in [7, 11) is 0. The number of urea groups is 1. The van der Waals surface area contributed by atoms with Crippen molar-refractivity contribution in [1.29, 1.82) is 0 Å². The van der Waals surface area contributed by atoms with E-state index in [9.17, 15) is 14.4 Å². The predicted molar refractivity (Wildman–Crippen MR) is 89.6 cm³/mol. The van der Waals surface area contributed by atoms with Crippen LogP contribution in [0.4, 0.5) is 4.79 Å². The maximum atomic E-state index is 12.4. The van der Waals surface area contributed by atoms with Crippen LogP contribution in [0, 0.1) is 5.92 Å². The smallest absolute Gasteiger partial charge is 0.350 e. The van der Waals surface area contributed by atoms with Crippen molar-refractivity contribution in [2.75, 3.05) is 6.54 Å². The molecule has 1 aliphatic carbocycles. The van der Waals surface area contributed by atoms with Crippen molar-refractivity contribution in [3.63, 3.8) is 0 Å². The summed E-state index contributed by atoms with van der Waals surface area (Å²) in [6, 6.07) is 6.30. The highest BCUT2D eigenvalue weighted by Crippen LogP contribution is 2.19. The van der Waals surface area contributed by atoms with Crippen molar-refractivity contribution >= 4 is 35.2 Å². The fourth-order valence-corrected chi connectivity index (χ4v) is 2.55. The van der Waals surface area contributed by atoms with Crippen LogP contribution in [0.5, 0.6) is 0 Å². The standard InChI is InChI=1S/C17H14ClN3O3/c18-12-7-5-11(6-8-12)9-19-15(22)10-21-16(23)13-3-1-2-4-14(13)20-17(21)24/h1-8,13H,9-10H2,(H,19,22). The van der Waals surface area contributed by atoms with Gasteiger partial charge in [-0.2, -0.15) is 4.99 Å². The van der Waals surface area contributed by atoms with Crippen LogP contribution in [0.25, 0.3) is 0 Å². The molecule has 0 saturated carbocycles. The molecule has 0 saturated heterocycles. The SMILES string of the molecule is O=C(CN1C(=O)N=C2C=CC=CC2C1=O)NCc1ccc(Cl)cc1. The lowest BCUT2D eigenvalue weighted by atomic mass is 9.95. The Morgan fingerprint density at radius 3 is 2.71 bits per heavy atom. The Labute approximate surface area is 143 Å². The molecule has 2 aliphatic rings. The number of hydrogen-bond donors (Lipinski definition) is 1. The minimum atomic E-state index is -0.715. The molecular weight excluding hydrogens is 330 g/mol. The molecule has 6 nitrogen and oxygen atoms in total. The summed E-state index contributed by atoms with van der Waals surface area (Å²) < 4.78 is 0. The lowest BCUT2D eigenvalue weighted by Crippen LogP contribution is -2.49. The van der Waals surface area contributed by atoms with E-state index >= 15 is 0 Å². The molecule has 0 bridgehead atoms. The highest BCUT2D eigenvalue weighted by atomic mass is 35.5. The molecule has 0 fully saturated rings. The van der Waals surface area contributed by atoms with Crippen LogP contribution in [0.15, 0.2) is 53.6 Å². The number of imide groups is 1. The van der Waals surface area contributed by atoms with Gasteiger partial charge in [-0.05, 0) is 23.8 Å². The van der Waals surface area contributed by atoms with Gasteiger partial charge in [-0.25, -0.2) is 4.79 Å². The van der Waals surface area contributed by atoms with Gasteiger partial charge < -0.3 is 5.32 Å². The van der Waals surface area contributed by atoms with E-state index in [0.29, 0.717) is 10.7 Å². The summed E-state index contributed by atoms with van der Waals surface area (Å²) in [5.41, 5.74) is 1.27. The monoisotopic (exact) mass is 343 g/mol. The molecule has 1 heterocycles. The minimum absolute atomic E-state index is 0.285. The van der Waals surface area contributed by atoms with Crippen LogP contribution >= 0.6 is 11.6 Å². The number of aliphatic imine (C=N–C) groups is 1. The van der Waals surface area contributed by atoms with Crippen molar-refractivity contribution in [2.45, 2.75) is 6.54 Å². The summed E-state index contributed by atoms with van der Waals surface area (Å²) in [5, 5.41) is 3.28. The summed E-state index contributed by atoms with van der Waals surface area (Å²) in [5.74, 6) is -1.47. The van der Waals surface area contributed by atoms with E-state index in [1.54, 1.807) is 48.6 Å². The largest absolute Gasteiger partial charge is 0.351 e. The molecule has 1 aromatic carbocycles. The molecule has 1 N–H and O–H groups in total. The Morgan fingerprint density at radius 1 is 1.21 bits per heavy atom. The molecule has 1 aromatic rings. The maximum absolute atomic E-state index is 12.4. The normalized spacial score (nSPS) is 19.1. The molecule has 122 valence electrons.